The van der Waals surface area contributed by atoms with E-state index >= 15 is 0 Å². The third-order valence-corrected chi connectivity index (χ3v) is 6.80. The fraction of sp³-hybridized carbons (Fsp3) is 0.310. The van der Waals surface area contributed by atoms with Gasteiger partial charge in [0.25, 0.3) is 0 Å². The lowest BCUT2D eigenvalue weighted by Gasteiger charge is -2.33. The molecule has 5 nitrogen and oxygen atoms in total. The van der Waals surface area contributed by atoms with Crippen LogP contribution >= 0.6 is 0 Å². The minimum Gasteiger partial charge on any atom is -0.508 e. The van der Waals surface area contributed by atoms with Gasteiger partial charge in [0.15, 0.2) is 6.10 Å². The number of nitrogens with one attached hydrogen (secondary N) is 1. The monoisotopic (exact) mass is 511 g/mol. The Morgan fingerprint density at radius 2 is 1.65 bits per heavy atom. The predicted molar refractivity (Wildman–Crippen MR) is 135 cm³/mol. The standard InChI is InChI=1S/C29H28F3NO4/c30-29(31,32)27-24-13-10-22(35)17-25(24)37-28(26(27)18-4-8-21(34)9-5-18)19-6-11-23(12-7-19)36-16-14-20-3-1-2-15-33-20/h4-13,17,20,28,33-35H,1-3,14-16H2. The fourth-order valence-corrected chi connectivity index (χ4v) is 4.98. The number of hydrogen-bond acceptors (Lipinski definition) is 5. The van der Waals surface area contributed by atoms with Crippen molar-refractivity contribution >= 4 is 11.1 Å². The van der Waals surface area contributed by atoms with Crippen molar-refractivity contribution in [3.63, 3.8) is 0 Å². The van der Waals surface area contributed by atoms with Gasteiger partial charge in [0.2, 0.25) is 0 Å². The van der Waals surface area contributed by atoms with Crippen LogP contribution in [0.15, 0.2) is 66.7 Å². The first-order valence-electron chi connectivity index (χ1n) is 12.4. The summed E-state index contributed by atoms with van der Waals surface area (Å²) in [6.07, 6.45) is -1.37. The van der Waals surface area contributed by atoms with E-state index in [0.717, 1.165) is 19.4 Å². The van der Waals surface area contributed by atoms with Crippen molar-refractivity contribution < 1.29 is 32.9 Å². The average molecular weight is 512 g/mol. The van der Waals surface area contributed by atoms with E-state index in [9.17, 15) is 23.4 Å². The van der Waals surface area contributed by atoms with Crippen LogP contribution < -0.4 is 14.8 Å². The normalized spacial score (nSPS) is 19.8. The second-order valence-electron chi connectivity index (χ2n) is 9.36. The second-order valence-corrected chi connectivity index (χ2v) is 9.36. The van der Waals surface area contributed by atoms with Crippen molar-refractivity contribution in [2.45, 2.75) is 44.0 Å². The SMILES string of the molecule is Oc1ccc(C2=C(C(F)(F)F)c3ccc(O)cc3OC2c2ccc(OCCC3CCCCN3)cc2)cc1. The van der Waals surface area contributed by atoms with E-state index in [-0.39, 0.29) is 33.9 Å². The second kappa shape index (κ2) is 10.4. The van der Waals surface area contributed by atoms with Crippen LogP contribution in [-0.2, 0) is 0 Å². The molecule has 0 amide bonds. The summed E-state index contributed by atoms with van der Waals surface area (Å²) < 4.78 is 55.6. The summed E-state index contributed by atoms with van der Waals surface area (Å²) in [4.78, 5) is 0. The maximum absolute atomic E-state index is 14.5. The van der Waals surface area contributed by atoms with E-state index in [1.54, 1.807) is 24.3 Å². The molecule has 2 aliphatic rings. The number of ether oxygens (including phenoxy) is 2. The summed E-state index contributed by atoms with van der Waals surface area (Å²) >= 11 is 0. The third-order valence-electron chi connectivity index (χ3n) is 6.80. The van der Waals surface area contributed by atoms with Crippen LogP contribution in [0.5, 0.6) is 23.0 Å². The topological polar surface area (TPSA) is 71.0 Å². The molecule has 0 radical (unpaired) electrons. The maximum Gasteiger partial charge on any atom is 0.417 e. The molecule has 8 heteroatoms. The van der Waals surface area contributed by atoms with Crippen LogP contribution in [0.1, 0.15) is 48.5 Å². The summed E-state index contributed by atoms with van der Waals surface area (Å²) in [7, 11) is 0. The molecule has 2 atom stereocenters. The third kappa shape index (κ3) is 5.54. The Morgan fingerprint density at radius 3 is 2.32 bits per heavy atom. The molecule has 3 N–H and O–H groups in total. The van der Waals surface area contributed by atoms with E-state index in [0.29, 0.717) is 24.0 Å². The van der Waals surface area contributed by atoms with Gasteiger partial charge in [-0.25, -0.2) is 0 Å². The van der Waals surface area contributed by atoms with Gasteiger partial charge in [0, 0.05) is 23.2 Å². The lowest BCUT2D eigenvalue weighted by Crippen LogP contribution is -2.35. The number of fused-ring (bicyclic) bond motifs is 1. The van der Waals surface area contributed by atoms with Gasteiger partial charge in [-0.3, -0.25) is 0 Å². The van der Waals surface area contributed by atoms with Gasteiger partial charge in [-0.05, 0) is 73.3 Å². The van der Waals surface area contributed by atoms with Gasteiger partial charge in [0.05, 0.1) is 12.2 Å². The van der Waals surface area contributed by atoms with Gasteiger partial charge in [-0.15, -0.1) is 0 Å². The number of phenolic OH excluding ortho intramolecular Hbond substituents is 2. The zero-order valence-corrected chi connectivity index (χ0v) is 20.1. The number of hydrogen-bond donors (Lipinski definition) is 3. The van der Waals surface area contributed by atoms with Crippen LogP contribution in [0.2, 0.25) is 0 Å². The molecule has 2 heterocycles. The molecule has 2 aliphatic heterocycles. The zero-order chi connectivity index (χ0) is 26.0. The molecule has 0 aliphatic carbocycles. The molecule has 0 spiro atoms. The molecular weight excluding hydrogens is 483 g/mol. The van der Waals surface area contributed by atoms with E-state index in [1.807, 2.05) is 0 Å². The Morgan fingerprint density at radius 1 is 0.919 bits per heavy atom. The molecule has 2 unspecified atom stereocenters. The predicted octanol–water partition coefficient (Wildman–Crippen LogP) is 6.62. The first-order valence-corrected chi connectivity index (χ1v) is 12.4. The highest BCUT2D eigenvalue weighted by Crippen LogP contribution is 2.53. The van der Waals surface area contributed by atoms with E-state index < -0.39 is 17.9 Å². The van der Waals surface area contributed by atoms with Crippen molar-refractivity contribution in [2.75, 3.05) is 13.2 Å². The molecule has 1 saturated heterocycles. The van der Waals surface area contributed by atoms with Gasteiger partial charge < -0.3 is 25.0 Å². The molecule has 0 saturated carbocycles. The fourth-order valence-electron chi connectivity index (χ4n) is 4.98. The highest BCUT2D eigenvalue weighted by molar-refractivity contribution is 5.98. The van der Waals surface area contributed by atoms with Crippen molar-refractivity contribution in [1.82, 2.24) is 5.32 Å². The first kappa shape index (κ1) is 25.0. The Kier molecular flexibility index (Phi) is 7.02. The van der Waals surface area contributed by atoms with Crippen molar-refractivity contribution in [1.29, 1.82) is 0 Å². The summed E-state index contributed by atoms with van der Waals surface area (Å²) in [6, 6.07) is 16.5. The minimum absolute atomic E-state index is 0.0542. The number of piperidine rings is 1. The largest absolute Gasteiger partial charge is 0.508 e. The summed E-state index contributed by atoms with van der Waals surface area (Å²) in [5.74, 6) is 0.324. The average Bonchev–Trinajstić information content (AvgIpc) is 2.88. The maximum atomic E-state index is 14.5. The lowest BCUT2D eigenvalue weighted by atomic mass is 9.85. The molecule has 0 aromatic heterocycles. The van der Waals surface area contributed by atoms with Crippen LogP contribution in [0.25, 0.3) is 11.1 Å². The highest BCUT2D eigenvalue weighted by Gasteiger charge is 2.44. The van der Waals surface area contributed by atoms with Gasteiger partial charge in [-0.1, -0.05) is 30.7 Å². The number of alkyl halides is 3. The number of allylic oxidation sites excluding steroid dienone is 1. The summed E-state index contributed by atoms with van der Waals surface area (Å²) in [6.45, 7) is 1.57. The lowest BCUT2D eigenvalue weighted by molar-refractivity contribution is -0.0695. The highest BCUT2D eigenvalue weighted by atomic mass is 19.4. The smallest absolute Gasteiger partial charge is 0.417 e. The zero-order valence-electron chi connectivity index (χ0n) is 20.1. The number of benzene rings is 3. The Bertz CT molecular complexity index is 1260. The van der Waals surface area contributed by atoms with Crippen molar-refractivity contribution in [3.8, 4) is 23.0 Å². The van der Waals surface area contributed by atoms with Gasteiger partial charge >= 0.3 is 6.18 Å². The van der Waals surface area contributed by atoms with Crippen LogP contribution in [-0.4, -0.2) is 35.6 Å². The number of aromatic hydroxyl groups is 2. The van der Waals surface area contributed by atoms with Crippen LogP contribution in [0.3, 0.4) is 0 Å². The molecule has 194 valence electrons. The quantitative estimate of drug-likeness (QED) is 0.347. The number of halogens is 3. The molecule has 3 aromatic rings. The summed E-state index contributed by atoms with van der Waals surface area (Å²) in [5, 5.41) is 23.1. The van der Waals surface area contributed by atoms with Gasteiger partial charge in [-0.2, -0.15) is 13.2 Å². The Hall–Kier alpha value is -3.65. The number of phenols is 2. The summed E-state index contributed by atoms with van der Waals surface area (Å²) in [5.41, 5.74) is -0.289. The molecule has 3 aromatic carbocycles. The van der Waals surface area contributed by atoms with E-state index in [1.165, 1.54) is 55.3 Å². The molecular formula is C29H28F3NO4. The van der Waals surface area contributed by atoms with Crippen molar-refractivity contribution in [3.05, 3.63) is 83.4 Å². The first-order chi connectivity index (χ1) is 17.8. The van der Waals surface area contributed by atoms with E-state index in [4.69, 9.17) is 9.47 Å². The van der Waals surface area contributed by atoms with Crippen molar-refractivity contribution in [2.24, 2.45) is 0 Å². The Labute approximate surface area is 213 Å². The van der Waals surface area contributed by atoms with Crippen LogP contribution in [0.4, 0.5) is 13.2 Å². The number of rotatable bonds is 6. The van der Waals surface area contributed by atoms with E-state index in [2.05, 4.69) is 5.32 Å². The molecule has 5 rings (SSSR count). The molecule has 1 fully saturated rings. The molecule has 0 bridgehead atoms. The molecule has 37 heavy (non-hydrogen) atoms. The van der Waals surface area contributed by atoms with Gasteiger partial charge in [0.1, 0.15) is 23.0 Å². The van der Waals surface area contributed by atoms with Crippen LogP contribution in [0, 0.1) is 0 Å². The Balaban J connectivity index is 1.48. The minimum atomic E-state index is -4.70.